The molecule has 1 aliphatic heterocycles. The molecule has 0 aliphatic carbocycles. The van der Waals surface area contributed by atoms with Crippen molar-refractivity contribution in [2.75, 3.05) is 18.5 Å². The topological polar surface area (TPSA) is 28.2 Å². The predicted octanol–water partition coefficient (Wildman–Crippen LogP) is 2.83. The number of nitrogens with zero attached hydrogens (tertiary/aromatic N) is 2. The van der Waals surface area contributed by atoms with Crippen molar-refractivity contribution in [3.05, 3.63) is 22.8 Å². The van der Waals surface area contributed by atoms with Crippen LogP contribution in [0.15, 0.2) is 12.1 Å². The molecule has 1 aromatic rings. The molecule has 0 saturated carbocycles. The molecule has 1 saturated heterocycles. The van der Waals surface area contributed by atoms with Gasteiger partial charge in [0.25, 0.3) is 0 Å². The zero-order valence-corrected chi connectivity index (χ0v) is 11.3. The summed E-state index contributed by atoms with van der Waals surface area (Å²) in [5.41, 5.74) is 0.935. The van der Waals surface area contributed by atoms with Gasteiger partial charge in [-0.15, -0.1) is 0 Å². The Kier molecular flexibility index (Phi) is 4.24. The highest BCUT2D eigenvalue weighted by molar-refractivity contribution is 6.31. The van der Waals surface area contributed by atoms with Gasteiger partial charge in [-0.1, -0.05) is 11.6 Å². The second kappa shape index (κ2) is 5.69. The van der Waals surface area contributed by atoms with Gasteiger partial charge in [0.15, 0.2) is 0 Å². The SMILES string of the molecule is CNCc1nc(N2CCCCC2C)ccc1Cl. The van der Waals surface area contributed by atoms with Crippen molar-refractivity contribution in [2.45, 2.75) is 38.8 Å². The van der Waals surface area contributed by atoms with E-state index in [4.69, 9.17) is 11.6 Å². The summed E-state index contributed by atoms with van der Waals surface area (Å²) < 4.78 is 0. The van der Waals surface area contributed by atoms with Gasteiger partial charge in [0.1, 0.15) is 5.82 Å². The molecule has 1 aliphatic rings. The lowest BCUT2D eigenvalue weighted by Crippen LogP contribution is -2.38. The monoisotopic (exact) mass is 253 g/mol. The van der Waals surface area contributed by atoms with Crippen LogP contribution in [0, 0.1) is 0 Å². The Morgan fingerprint density at radius 3 is 3.00 bits per heavy atom. The first-order chi connectivity index (χ1) is 8.22. The zero-order valence-electron chi connectivity index (χ0n) is 10.5. The number of halogens is 1. The summed E-state index contributed by atoms with van der Waals surface area (Å²) in [5, 5.41) is 3.84. The fourth-order valence-corrected chi connectivity index (χ4v) is 2.53. The van der Waals surface area contributed by atoms with Crippen molar-refractivity contribution in [3.8, 4) is 0 Å². The van der Waals surface area contributed by atoms with Gasteiger partial charge in [-0.2, -0.15) is 0 Å². The summed E-state index contributed by atoms with van der Waals surface area (Å²) in [6.45, 7) is 4.09. The molecule has 0 bridgehead atoms. The number of anilines is 1. The van der Waals surface area contributed by atoms with E-state index in [0.717, 1.165) is 29.6 Å². The highest BCUT2D eigenvalue weighted by atomic mass is 35.5. The van der Waals surface area contributed by atoms with E-state index in [1.807, 2.05) is 19.2 Å². The largest absolute Gasteiger partial charge is 0.354 e. The van der Waals surface area contributed by atoms with Crippen LogP contribution in [0.2, 0.25) is 5.02 Å². The van der Waals surface area contributed by atoms with Crippen molar-refractivity contribution in [2.24, 2.45) is 0 Å². The molecule has 0 amide bonds. The number of hydrogen-bond acceptors (Lipinski definition) is 3. The van der Waals surface area contributed by atoms with Crippen LogP contribution < -0.4 is 10.2 Å². The van der Waals surface area contributed by atoms with Gasteiger partial charge in [-0.05, 0) is 45.4 Å². The van der Waals surface area contributed by atoms with Crippen LogP contribution in [0.5, 0.6) is 0 Å². The molecule has 0 aromatic carbocycles. The first-order valence-corrected chi connectivity index (χ1v) is 6.67. The summed E-state index contributed by atoms with van der Waals surface area (Å²) >= 11 is 6.13. The summed E-state index contributed by atoms with van der Waals surface area (Å²) in [7, 11) is 1.91. The molecule has 17 heavy (non-hydrogen) atoms. The predicted molar refractivity (Wildman–Crippen MR) is 72.7 cm³/mol. The number of aromatic nitrogens is 1. The third-order valence-corrected chi connectivity index (χ3v) is 3.69. The smallest absolute Gasteiger partial charge is 0.129 e. The van der Waals surface area contributed by atoms with Crippen molar-refractivity contribution in [3.63, 3.8) is 0 Å². The highest BCUT2D eigenvalue weighted by Gasteiger charge is 2.20. The maximum absolute atomic E-state index is 6.13. The molecule has 1 aromatic heterocycles. The fourth-order valence-electron chi connectivity index (χ4n) is 2.36. The van der Waals surface area contributed by atoms with E-state index < -0.39 is 0 Å². The summed E-state index contributed by atoms with van der Waals surface area (Å²) in [5.74, 6) is 1.06. The lowest BCUT2D eigenvalue weighted by Gasteiger charge is -2.34. The maximum atomic E-state index is 6.13. The first kappa shape index (κ1) is 12.7. The lowest BCUT2D eigenvalue weighted by atomic mass is 10.0. The van der Waals surface area contributed by atoms with Crippen LogP contribution in [0.1, 0.15) is 31.9 Å². The van der Waals surface area contributed by atoms with E-state index in [2.05, 4.69) is 22.1 Å². The molecule has 2 heterocycles. The summed E-state index contributed by atoms with van der Waals surface area (Å²) in [6.07, 6.45) is 3.84. The molecular formula is C13H20ClN3. The molecule has 2 rings (SSSR count). The van der Waals surface area contributed by atoms with Crippen molar-refractivity contribution < 1.29 is 0 Å². The molecular weight excluding hydrogens is 234 g/mol. The van der Waals surface area contributed by atoms with Gasteiger partial charge < -0.3 is 10.2 Å². The summed E-state index contributed by atoms with van der Waals surface area (Å²) in [6, 6.07) is 4.57. The molecule has 1 N–H and O–H groups in total. The Labute approximate surface area is 108 Å². The molecule has 1 unspecified atom stereocenters. The van der Waals surface area contributed by atoms with Crippen LogP contribution in [0.3, 0.4) is 0 Å². The van der Waals surface area contributed by atoms with E-state index in [9.17, 15) is 0 Å². The third-order valence-electron chi connectivity index (χ3n) is 3.35. The number of rotatable bonds is 3. The van der Waals surface area contributed by atoms with E-state index in [-0.39, 0.29) is 0 Å². The number of hydrogen-bond donors (Lipinski definition) is 1. The molecule has 0 radical (unpaired) electrons. The zero-order chi connectivity index (χ0) is 12.3. The van der Waals surface area contributed by atoms with E-state index >= 15 is 0 Å². The van der Waals surface area contributed by atoms with Crippen LogP contribution in [-0.2, 0) is 6.54 Å². The highest BCUT2D eigenvalue weighted by Crippen LogP contribution is 2.25. The first-order valence-electron chi connectivity index (χ1n) is 6.29. The number of nitrogens with one attached hydrogen (secondary N) is 1. The average Bonchev–Trinajstić information content (AvgIpc) is 2.33. The van der Waals surface area contributed by atoms with Crippen LogP contribution in [-0.4, -0.2) is 24.6 Å². The second-order valence-electron chi connectivity index (χ2n) is 4.67. The van der Waals surface area contributed by atoms with Gasteiger partial charge in [0.2, 0.25) is 0 Å². The fraction of sp³-hybridized carbons (Fsp3) is 0.615. The van der Waals surface area contributed by atoms with Crippen molar-refractivity contribution >= 4 is 17.4 Å². The molecule has 1 atom stereocenters. The Hall–Kier alpha value is -0.800. The van der Waals surface area contributed by atoms with Crippen LogP contribution >= 0.6 is 11.6 Å². The van der Waals surface area contributed by atoms with Gasteiger partial charge in [-0.25, -0.2) is 4.98 Å². The molecule has 1 fully saturated rings. The lowest BCUT2D eigenvalue weighted by molar-refractivity contribution is 0.480. The average molecular weight is 254 g/mol. The molecule has 94 valence electrons. The minimum absolute atomic E-state index is 0.583. The summed E-state index contributed by atoms with van der Waals surface area (Å²) in [4.78, 5) is 7.06. The van der Waals surface area contributed by atoms with Crippen LogP contribution in [0.4, 0.5) is 5.82 Å². The normalized spacial score (nSPS) is 20.6. The third kappa shape index (κ3) is 2.90. The van der Waals surface area contributed by atoms with E-state index in [1.165, 1.54) is 19.3 Å². The van der Waals surface area contributed by atoms with Gasteiger partial charge in [0.05, 0.1) is 10.7 Å². The van der Waals surface area contributed by atoms with Gasteiger partial charge in [0, 0.05) is 19.1 Å². The molecule has 0 spiro atoms. The number of piperidine rings is 1. The molecule has 3 nitrogen and oxygen atoms in total. The van der Waals surface area contributed by atoms with E-state index in [0.29, 0.717) is 6.04 Å². The van der Waals surface area contributed by atoms with Crippen LogP contribution in [0.25, 0.3) is 0 Å². The maximum Gasteiger partial charge on any atom is 0.129 e. The standard InChI is InChI=1S/C13H20ClN3/c1-10-5-3-4-8-17(10)13-7-6-11(14)12(16-13)9-15-2/h6-7,10,15H,3-5,8-9H2,1-2H3. The second-order valence-corrected chi connectivity index (χ2v) is 5.07. The minimum Gasteiger partial charge on any atom is -0.354 e. The van der Waals surface area contributed by atoms with Gasteiger partial charge >= 0.3 is 0 Å². The van der Waals surface area contributed by atoms with E-state index in [1.54, 1.807) is 0 Å². The molecule has 4 heteroatoms. The Bertz CT molecular complexity index is 381. The number of pyridine rings is 1. The Morgan fingerprint density at radius 2 is 2.29 bits per heavy atom. The quantitative estimate of drug-likeness (QED) is 0.898. The Morgan fingerprint density at radius 1 is 1.47 bits per heavy atom. The minimum atomic E-state index is 0.583. The van der Waals surface area contributed by atoms with Crippen molar-refractivity contribution in [1.82, 2.24) is 10.3 Å². The van der Waals surface area contributed by atoms with Crippen molar-refractivity contribution in [1.29, 1.82) is 0 Å². The van der Waals surface area contributed by atoms with Gasteiger partial charge in [-0.3, -0.25) is 0 Å². The Balaban J connectivity index is 2.22.